The van der Waals surface area contributed by atoms with Crippen LogP contribution >= 0.6 is 0 Å². The highest BCUT2D eigenvalue weighted by molar-refractivity contribution is 4.93. The van der Waals surface area contributed by atoms with E-state index in [2.05, 4.69) is 26.1 Å². The summed E-state index contributed by atoms with van der Waals surface area (Å²) in [5.41, 5.74) is 0. The molecule has 0 bridgehead atoms. The molecule has 0 aromatic rings. The Balaban J connectivity index is 1.68. The van der Waals surface area contributed by atoms with Gasteiger partial charge in [0.2, 0.25) is 0 Å². The second-order valence-electron chi connectivity index (χ2n) is 5.84. The van der Waals surface area contributed by atoms with E-state index in [0.29, 0.717) is 0 Å². The molecule has 0 aromatic carbocycles. The van der Waals surface area contributed by atoms with Gasteiger partial charge in [-0.2, -0.15) is 0 Å². The SMILES string of the molecule is CC(C)C1CCC(N[C@@H]2C[C@H]2C)CC1. The molecule has 2 aliphatic carbocycles. The van der Waals surface area contributed by atoms with Crippen LogP contribution in [0.1, 0.15) is 52.9 Å². The predicted octanol–water partition coefficient (Wildman–Crippen LogP) is 3.20. The van der Waals surface area contributed by atoms with Gasteiger partial charge in [-0.15, -0.1) is 0 Å². The van der Waals surface area contributed by atoms with Crippen LogP contribution in [0.4, 0.5) is 0 Å². The second-order valence-corrected chi connectivity index (χ2v) is 5.84. The molecule has 0 spiro atoms. The monoisotopic (exact) mass is 195 g/mol. The summed E-state index contributed by atoms with van der Waals surface area (Å²) in [5, 5.41) is 3.80. The Morgan fingerprint density at radius 1 is 1.07 bits per heavy atom. The van der Waals surface area contributed by atoms with Gasteiger partial charge in [-0.25, -0.2) is 0 Å². The number of rotatable bonds is 3. The third-order valence-corrected chi connectivity index (χ3v) is 4.27. The van der Waals surface area contributed by atoms with Crippen molar-refractivity contribution in [2.24, 2.45) is 17.8 Å². The fraction of sp³-hybridized carbons (Fsp3) is 1.00. The van der Waals surface area contributed by atoms with Gasteiger partial charge in [-0.3, -0.25) is 0 Å². The maximum absolute atomic E-state index is 3.80. The summed E-state index contributed by atoms with van der Waals surface area (Å²) in [5.74, 6) is 2.86. The Labute approximate surface area is 88.7 Å². The summed E-state index contributed by atoms with van der Waals surface area (Å²) < 4.78 is 0. The van der Waals surface area contributed by atoms with E-state index in [4.69, 9.17) is 0 Å². The minimum atomic E-state index is 0.847. The minimum Gasteiger partial charge on any atom is -0.311 e. The first-order valence-electron chi connectivity index (χ1n) is 6.43. The molecular weight excluding hydrogens is 170 g/mol. The molecule has 0 aromatic heterocycles. The van der Waals surface area contributed by atoms with Gasteiger partial charge in [-0.05, 0) is 49.9 Å². The molecule has 0 radical (unpaired) electrons. The lowest BCUT2D eigenvalue weighted by Gasteiger charge is -2.31. The Kier molecular flexibility index (Phi) is 3.16. The molecule has 2 aliphatic rings. The van der Waals surface area contributed by atoms with Crippen molar-refractivity contribution in [3.8, 4) is 0 Å². The van der Waals surface area contributed by atoms with E-state index >= 15 is 0 Å². The lowest BCUT2D eigenvalue weighted by molar-refractivity contribution is 0.237. The van der Waals surface area contributed by atoms with Crippen molar-refractivity contribution in [3.63, 3.8) is 0 Å². The summed E-state index contributed by atoms with van der Waals surface area (Å²) in [6, 6.07) is 1.72. The summed E-state index contributed by atoms with van der Waals surface area (Å²) in [7, 11) is 0. The van der Waals surface area contributed by atoms with Gasteiger partial charge >= 0.3 is 0 Å². The fourth-order valence-corrected chi connectivity index (χ4v) is 2.81. The van der Waals surface area contributed by atoms with Gasteiger partial charge in [0.15, 0.2) is 0 Å². The number of hydrogen-bond acceptors (Lipinski definition) is 1. The van der Waals surface area contributed by atoms with Gasteiger partial charge in [0, 0.05) is 12.1 Å². The van der Waals surface area contributed by atoms with Gasteiger partial charge in [0.05, 0.1) is 0 Å². The third kappa shape index (κ3) is 2.50. The minimum absolute atomic E-state index is 0.847. The molecule has 1 nitrogen and oxygen atoms in total. The van der Waals surface area contributed by atoms with Crippen LogP contribution in [-0.4, -0.2) is 12.1 Å². The molecule has 0 saturated heterocycles. The Morgan fingerprint density at radius 2 is 1.64 bits per heavy atom. The zero-order valence-electron chi connectivity index (χ0n) is 9.92. The van der Waals surface area contributed by atoms with Crippen LogP contribution in [0.25, 0.3) is 0 Å². The van der Waals surface area contributed by atoms with E-state index in [9.17, 15) is 0 Å². The average molecular weight is 195 g/mol. The summed E-state index contributed by atoms with van der Waals surface area (Å²) in [4.78, 5) is 0. The molecule has 2 fully saturated rings. The Morgan fingerprint density at radius 3 is 2.07 bits per heavy atom. The van der Waals surface area contributed by atoms with Gasteiger partial charge in [-0.1, -0.05) is 20.8 Å². The van der Waals surface area contributed by atoms with Crippen molar-refractivity contribution in [1.29, 1.82) is 0 Å². The lowest BCUT2D eigenvalue weighted by Crippen LogP contribution is -2.36. The standard InChI is InChI=1S/C13H25N/c1-9(2)11-4-6-12(7-5-11)14-13-8-10(13)3/h9-14H,4-8H2,1-3H3/t10-,11?,12?,13-/m1/s1. The molecule has 2 saturated carbocycles. The van der Waals surface area contributed by atoms with Crippen molar-refractivity contribution in [1.82, 2.24) is 5.32 Å². The highest BCUT2D eigenvalue weighted by Gasteiger charge is 2.35. The van der Waals surface area contributed by atoms with Crippen molar-refractivity contribution in [3.05, 3.63) is 0 Å². The molecule has 14 heavy (non-hydrogen) atoms. The topological polar surface area (TPSA) is 12.0 Å². The fourth-order valence-electron chi connectivity index (χ4n) is 2.81. The van der Waals surface area contributed by atoms with E-state index < -0.39 is 0 Å². The van der Waals surface area contributed by atoms with Crippen LogP contribution in [0.3, 0.4) is 0 Å². The number of nitrogens with one attached hydrogen (secondary N) is 1. The van der Waals surface area contributed by atoms with Crippen LogP contribution in [-0.2, 0) is 0 Å². The van der Waals surface area contributed by atoms with Crippen molar-refractivity contribution in [2.45, 2.75) is 65.0 Å². The van der Waals surface area contributed by atoms with Gasteiger partial charge < -0.3 is 5.32 Å². The zero-order valence-corrected chi connectivity index (χ0v) is 9.92. The lowest BCUT2D eigenvalue weighted by atomic mass is 9.80. The first-order valence-corrected chi connectivity index (χ1v) is 6.43. The van der Waals surface area contributed by atoms with Crippen LogP contribution in [0.2, 0.25) is 0 Å². The summed E-state index contributed by atoms with van der Waals surface area (Å²) >= 11 is 0. The molecule has 0 aliphatic heterocycles. The first-order chi connectivity index (χ1) is 6.66. The van der Waals surface area contributed by atoms with Crippen molar-refractivity contribution < 1.29 is 0 Å². The van der Waals surface area contributed by atoms with E-state index in [1.54, 1.807) is 0 Å². The van der Waals surface area contributed by atoms with Crippen LogP contribution in [0, 0.1) is 17.8 Å². The molecule has 0 amide bonds. The molecule has 1 heteroatoms. The maximum atomic E-state index is 3.80. The number of hydrogen-bond donors (Lipinski definition) is 1. The molecule has 82 valence electrons. The van der Waals surface area contributed by atoms with E-state index in [1.165, 1.54) is 32.1 Å². The largest absolute Gasteiger partial charge is 0.311 e. The predicted molar refractivity (Wildman–Crippen MR) is 61.3 cm³/mol. The highest BCUT2D eigenvalue weighted by atomic mass is 15.0. The van der Waals surface area contributed by atoms with Gasteiger partial charge in [0.25, 0.3) is 0 Å². The molecule has 0 unspecified atom stereocenters. The molecule has 2 atom stereocenters. The Bertz CT molecular complexity index is 180. The molecule has 2 rings (SSSR count). The van der Waals surface area contributed by atoms with E-state index in [1.807, 2.05) is 0 Å². The first kappa shape index (κ1) is 10.5. The van der Waals surface area contributed by atoms with Crippen molar-refractivity contribution in [2.75, 3.05) is 0 Å². The van der Waals surface area contributed by atoms with Gasteiger partial charge in [0.1, 0.15) is 0 Å². The van der Waals surface area contributed by atoms with Crippen LogP contribution < -0.4 is 5.32 Å². The second kappa shape index (κ2) is 4.22. The summed E-state index contributed by atoms with van der Waals surface area (Å²) in [6.07, 6.45) is 7.18. The molecule has 1 N–H and O–H groups in total. The zero-order chi connectivity index (χ0) is 10.1. The highest BCUT2D eigenvalue weighted by Crippen LogP contribution is 2.34. The van der Waals surface area contributed by atoms with Crippen LogP contribution in [0.15, 0.2) is 0 Å². The molecular formula is C13H25N. The van der Waals surface area contributed by atoms with Crippen LogP contribution in [0.5, 0.6) is 0 Å². The Hall–Kier alpha value is -0.0400. The van der Waals surface area contributed by atoms with Crippen molar-refractivity contribution >= 4 is 0 Å². The normalized spacial score (nSPS) is 42.9. The van der Waals surface area contributed by atoms with E-state index in [-0.39, 0.29) is 0 Å². The third-order valence-electron chi connectivity index (χ3n) is 4.27. The smallest absolute Gasteiger partial charge is 0.00989 e. The maximum Gasteiger partial charge on any atom is 0.00989 e. The summed E-state index contributed by atoms with van der Waals surface area (Å²) in [6.45, 7) is 7.11. The quantitative estimate of drug-likeness (QED) is 0.729. The molecule has 0 heterocycles. The van der Waals surface area contributed by atoms with E-state index in [0.717, 1.165) is 29.8 Å². The average Bonchev–Trinajstić information content (AvgIpc) is 2.82.